The molecule has 0 saturated carbocycles. The standard InChI is InChI=1S/C17H20ClN3OS/c1-12-3-2-4-14(20-12)11-21-7-5-13(10-21)9-19-17(22)16-15(18)6-8-23-16/h2-4,6,8,13H,5,7,9-11H2,1H3,(H,19,22)/t13-/m1/s1. The number of nitrogens with zero attached hydrogens (tertiary/aromatic N) is 2. The first-order chi connectivity index (χ1) is 11.1. The monoisotopic (exact) mass is 349 g/mol. The molecule has 1 N–H and O–H groups in total. The van der Waals surface area contributed by atoms with Crippen LogP contribution in [0.2, 0.25) is 5.02 Å². The summed E-state index contributed by atoms with van der Waals surface area (Å²) in [5.41, 5.74) is 2.17. The maximum atomic E-state index is 12.1. The van der Waals surface area contributed by atoms with Crippen LogP contribution in [-0.2, 0) is 6.54 Å². The van der Waals surface area contributed by atoms with Gasteiger partial charge in [0.1, 0.15) is 4.88 Å². The van der Waals surface area contributed by atoms with Crippen molar-refractivity contribution in [1.29, 1.82) is 0 Å². The molecule has 3 rings (SSSR count). The maximum Gasteiger partial charge on any atom is 0.262 e. The van der Waals surface area contributed by atoms with Crippen LogP contribution in [0.3, 0.4) is 0 Å². The molecular weight excluding hydrogens is 330 g/mol. The van der Waals surface area contributed by atoms with Crippen LogP contribution in [0.1, 0.15) is 27.5 Å². The molecular formula is C17H20ClN3OS. The summed E-state index contributed by atoms with van der Waals surface area (Å²) in [5.74, 6) is 0.422. The summed E-state index contributed by atoms with van der Waals surface area (Å²) >= 11 is 7.37. The van der Waals surface area contributed by atoms with Crippen LogP contribution in [0.5, 0.6) is 0 Å². The Hall–Kier alpha value is -1.43. The van der Waals surface area contributed by atoms with E-state index in [-0.39, 0.29) is 5.91 Å². The number of hydrogen-bond acceptors (Lipinski definition) is 4. The Balaban J connectivity index is 1.47. The second-order valence-electron chi connectivity index (χ2n) is 5.97. The van der Waals surface area contributed by atoms with E-state index in [9.17, 15) is 4.79 Å². The summed E-state index contributed by atoms with van der Waals surface area (Å²) in [6, 6.07) is 7.89. The molecule has 1 fully saturated rings. The number of carbonyl (C=O) groups excluding carboxylic acids is 1. The largest absolute Gasteiger partial charge is 0.351 e. The lowest BCUT2D eigenvalue weighted by molar-refractivity contribution is 0.0951. The van der Waals surface area contributed by atoms with Gasteiger partial charge in [0.25, 0.3) is 5.91 Å². The quantitative estimate of drug-likeness (QED) is 0.900. The van der Waals surface area contributed by atoms with E-state index >= 15 is 0 Å². The Kier molecular flexibility index (Phi) is 5.30. The van der Waals surface area contributed by atoms with Crippen molar-refractivity contribution in [3.8, 4) is 0 Å². The van der Waals surface area contributed by atoms with E-state index in [2.05, 4.69) is 27.3 Å². The van der Waals surface area contributed by atoms with E-state index in [1.807, 2.05) is 18.4 Å². The zero-order valence-corrected chi connectivity index (χ0v) is 14.7. The van der Waals surface area contributed by atoms with Crippen LogP contribution < -0.4 is 5.32 Å². The molecule has 23 heavy (non-hydrogen) atoms. The number of carbonyl (C=O) groups is 1. The van der Waals surface area contributed by atoms with Crippen molar-refractivity contribution in [2.45, 2.75) is 19.9 Å². The van der Waals surface area contributed by atoms with Gasteiger partial charge in [0.05, 0.1) is 10.7 Å². The number of hydrogen-bond donors (Lipinski definition) is 1. The van der Waals surface area contributed by atoms with Crippen LogP contribution in [-0.4, -0.2) is 35.4 Å². The van der Waals surface area contributed by atoms with Crippen LogP contribution in [0.4, 0.5) is 0 Å². The fourth-order valence-electron chi connectivity index (χ4n) is 2.91. The highest BCUT2D eigenvalue weighted by Gasteiger charge is 2.23. The van der Waals surface area contributed by atoms with E-state index in [4.69, 9.17) is 11.6 Å². The zero-order valence-electron chi connectivity index (χ0n) is 13.1. The molecule has 2 aromatic heterocycles. The first-order valence-electron chi connectivity index (χ1n) is 7.78. The van der Waals surface area contributed by atoms with E-state index in [0.29, 0.717) is 22.4 Å². The number of nitrogens with one attached hydrogen (secondary N) is 1. The van der Waals surface area contributed by atoms with Gasteiger partial charge >= 0.3 is 0 Å². The number of aryl methyl sites for hydroxylation is 1. The second kappa shape index (κ2) is 7.43. The van der Waals surface area contributed by atoms with Crippen LogP contribution in [0.25, 0.3) is 0 Å². The molecule has 6 heteroatoms. The minimum atomic E-state index is -0.0659. The third-order valence-electron chi connectivity index (χ3n) is 4.08. The molecule has 1 saturated heterocycles. The fourth-order valence-corrected chi connectivity index (χ4v) is 3.97. The van der Waals surface area contributed by atoms with E-state index in [1.165, 1.54) is 11.3 Å². The van der Waals surface area contributed by atoms with Crippen molar-refractivity contribution in [3.05, 3.63) is 50.9 Å². The average molecular weight is 350 g/mol. The van der Waals surface area contributed by atoms with Crippen molar-refractivity contribution in [3.63, 3.8) is 0 Å². The molecule has 1 amide bonds. The molecule has 1 aliphatic rings. The lowest BCUT2D eigenvalue weighted by atomic mass is 10.1. The van der Waals surface area contributed by atoms with Crippen molar-refractivity contribution in [2.75, 3.05) is 19.6 Å². The Labute approximate surface area is 145 Å². The molecule has 2 aromatic rings. The van der Waals surface area contributed by atoms with Gasteiger partial charge in [-0.05, 0) is 49.4 Å². The summed E-state index contributed by atoms with van der Waals surface area (Å²) in [5, 5.41) is 5.38. The van der Waals surface area contributed by atoms with Gasteiger partial charge < -0.3 is 5.32 Å². The van der Waals surface area contributed by atoms with Gasteiger partial charge in [-0.2, -0.15) is 0 Å². The highest BCUT2D eigenvalue weighted by atomic mass is 35.5. The number of pyridine rings is 1. The Bertz CT molecular complexity index is 688. The minimum Gasteiger partial charge on any atom is -0.351 e. The molecule has 1 atom stereocenters. The van der Waals surface area contributed by atoms with Crippen molar-refractivity contribution in [2.24, 2.45) is 5.92 Å². The predicted octanol–water partition coefficient (Wildman–Crippen LogP) is 3.36. The molecule has 122 valence electrons. The lowest BCUT2D eigenvalue weighted by Crippen LogP contribution is -2.30. The van der Waals surface area contributed by atoms with Crippen LogP contribution in [0, 0.1) is 12.8 Å². The highest BCUT2D eigenvalue weighted by Crippen LogP contribution is 2.22. The van der Waals surface area contributed by atoms with Gasteiger partial charge in [-0.15, -0.1) is 11.3 Å². The summed E-state index contributed by atoms with van der Waals surface area (Å²) in [6.45, 7) is 5.64. The molecule has 0 bridgehead atoms. The molecule has 0 aromatic carbocycles. The summed E-state index contributed by atoms with van der Waals surface area (Å²) in [4.78, 5) is 19.6. The molecule has 0 radical (unpaired) electrons. The summed E-state index contributed by atoms with van der Waals surface area (Å²) in [6.07, 6.45) is 1.10. The predicted molar refractivity (Wildman–Crippen MR) is 94.0 cm³/mol. The molecule has 4 nitrogen and oxygen atoms in total. The smallest absolute Gasteiger partial charge is 0.262 e. The van der Waals surface area contributed by atoms with E-state index in [0.717, 1.165) is 37.4 Å². The van der Waals surface area contributed by atoms with Crippen LogP contribution in [0.15, 0.2) is 29.6 Å². The van der Waals surface area contributed by atoms with E-state index in [1.54, 1.807) is 6.07 Å². The Morgan fingerprint density at radius 1 is 1.48 bits per heavy atom. The fraction of sp³-hybridized carbons (Fsp3) is 0.412. The third kappa shape index (κ3) is 4.31. The molecule has 0 unspecified atom stereocenters. The van der Waals surface area contributed by atoms with Crippen LogP contribution >= 0.6 is 22.9 Å². The number of halogens is 1. The number of amides is 1. The highest BCUT2D eigenvalue weighted by molar-refractivity contribution is 7.12. The zero-order chi connectivity index (χ0) is 16.2. The van der Waals surface area contributed by atoms with Crippen molar-refractivity contribution in [1.82, 2.24) is 15.2 Å². The maximum absolute atomic E-state index is 12.1. The second-order valence-corrected chi connectivity index (χ2v) is 7.29. The topological polar surface area (TPSA) is 45.2 Å². The number of thiophene rings is 1. The van der Waals surface area contributed by atoms with Gasteiger partial charge in [0, 0.05) is 25.3 Å². The summed E-state index contributed by atoms with van der Waals surface area (Å²) < 4.78 is 0. The molecule has 0 spiro atoms. The Morgan fingerprint density at radius 3 is 3.09 bits per heavy atom. The minimum absolute atomic E-state index is 0.0659. The average Bonchev–Trinajstić information content (AvgIpc) is 3.14. The Morgan fingerprint density at radius 2 is 2.35 bits per heavy atom. The number of aromatic nitrogens is 1. The van der Waals surface area contributed by atoms with Gasteiger partial charge in [-0.3, -0.25) is 14.7 Å². The van der Waals surface area contributed by atoms with Crippen molar-refractivity contribution >= 4 is 28.8 Å². The van der Waals surface area contributed by atoms with Gasteiger partial charge in [-0.1, -0.05) is 17.7 Å². The van der Waals surface area contributed by atoms with Gasteiger partial charge in [0.15, 0.2) is 0 Å². The normalized spacial score (nSPS) is 18.3. The van der Waals surface area contributed by atoms with Gasteiger partial charge in [0.2, 0.25) is 0 Å². The SMILES string of the molecule is Cc1cccc(CN2CC[C@H](CNC(=O)c3sccc3Cl)C2)n1. The first-order valence-corrected chi connectivity index (χ1v) is 9.03. The number of rotatable bonds is 5. The number of likely N-dealkylation sites (tertiary alicyclic amines) is 1. The molecule has 1 aliphatic heterocycles. The van der Waals surface area contributed by atoms with Crippen molar-refractivity contribution < 1.29 is 4.79 Å². The molecule has 3 heterocycles. The molecule has 0 aliphatic carbocycles. The van der Waals surface area contributed by atoms with E-state index < -0.39 is 0 Å². The third-order valence-corrected chi connectivity index (χ3v) is 5.42. The van der Waals surface area contributed by atoms with Gasteiger partial charge in [-0.25, -0.2) is 0 Å². The first kappa shape index (κ1) is 16.4. The lowest BCUT2D eigenvalue weighted by Gasteiger charge is -2.16. The summed E-state index contributed by atoms with van der Waals surface area (Å²) in [7, 11) is 0.